The van der Waals surface area contributed by atoms with Crippen LogP contribution >= 0.6 is 0 Å². The van der Waals surface area contributed by atoms with Gasteiger partial charge in [-0.3, -0.25) is 9.59 Å². The van der Waals surface area contributed by atoms with Gasteiger partial charge < -0.3 is 21.7 Å². The van der Waals surface area contributed by atoms with Crippen molar-refractivity contribution in [1.82, 2.24) is 0 Å². The lowest BCUT2D eigenvalue weighted by atomic mass is 9.52. The van der Waals surface area contributed by atoms with E-state index in [4.69, 9.17) is 21.7 Å². The van der Waals surface area contributed by atoms with Crippen LogP contribution in [0.25, 0.3) is 0 Å². The Bertz CT molecular complexity index is 460. The summed E-state index contributed by atoms with van der Waals surface area (Å²) in [6.07, 6.45) is 2.54. The second-order valence-electron chi connectivity index (χ2n) is 8.15. The first kappa shape index (κ1) is 20.9. The Labute approximate surface area is 145 Å². The molecule has 1 unspecified atom stereocenters. The average Bonchev–Trinajstić information content (AvgIpc) is 2.51. The fourth-order valence-corrected chi connectivity index (χ4v) is 4.75. The molecule has 0 aromatic heterocycles. The van der Waals surface area contributed by atoms with Crippen molar-refractivity contribution in [3.05, 3.63) is 0 Å². The molecule has 0 aromatic carbocycles. The van der Waals surface area contributed by atoms with Crippen molar-refractivity contribution in [2.45, 2.75) is 53.4 Å². The Morgan fingerprint density at radius 3 is 1.67 bits per heavy atom. The molecular formula is C18H34N2O4. The molecule has 0 bridgehead atoms. The van der Waals surface area contributed by atoms with Crippen LogP contribution in [0.4, 0.5) is 0 Å². The first-order chi connectivity index (χ1) is 11.0. The third kappa shape index (κ3) is 3.91. The quantitative estimate of drug-likeness (QED) is 0.586. The third-order valence-corrected chi connectivity index (χ3v) is 6.99. The molecule has 2 fully saturated rings. The van der Waals surface area contributed by atoms with Crippen LogP contribution < -0.4 is 11.5 Å². The van der Waals surface area contributed by atoms with Gasteiger partial charge in [0.05, 0.1) is 12.8 Å². The summed E-state index contributed by atoms with van der Waals surface area (Å²) in [5.41, 5.74) is 11.0. The van der Waals surface area contributed by atoms with Crippen LogP contribution in [0.15, 0.2) is 0 Å². The normalized spacial score (nSPS) is 40.6. The average molecular weight is 342 g/mol. The summed E-state index contributed by atoms with van der Waals surface area (Å²) in [5, 5.41) is 17.4. The van der Waals surface area contributed by atoms with Gasteiger partial charge in [0.25, 0.3) is 0 Å². The monoisotopic (exact) mass is 342 g/mol. The van der Waals surface area contributed by atoms with Crippen molar-refractivity contribution >= 4 is 11.9 Å². The maximum Gasteiger partial charge on any atom is 0.303 e. The highest BCUT2D eigenvalue weighted by molar-refractivity contribution is 5.68. The molecule has 6 atom stereocenters. The van der Waals surface area contributed by atoms with Crippen molar-refractivity contribution in [2.24, 2.45) is 46.0 Å². The van der Waals surface area contributed by atoms with Crippen LogP contribution in [0.2, 0.25) is 0 Å². The van der Waals surface area contributed by atoms with E-state index in [-0.39, 0.29) is 23.7 Å². The van der Waals surface area contributed by atoms with Gasteiger partial charge in [-0.2, -0.15) is 0 Å². The summed E-state index contributed by atoms with van der Waals surface area (Å²) in [6.45, 7) is 9.45. The number of carbonyl (C=O) groups is 2. The molecule has 0 spiro atoms. The second kappa shape index (κ2) is 7.83. The van der Waals surface area contributed by atoms with Gasteiger partial charge in [0.1, 0.15) is 0 Å². The molecule has 6 heteroatoms. The zero-order chi connectivity index (χ0) is 18.7. The topological polar surface area (TPSA) is 127 Å². The fraction of sp³-hybridized carbons (Fsp3) is 0.889. The smallest absolute Gasteiger partial charge is 0.303 e. The number of nitrogens with two attached hydrogens (primary N) is 2. The Morgan fingerprint density at radius 2 is 1.46 bits per heavy atom. The van der Waals surface area contributed by atoms with Crippen molar-refractivity contribution in [3.63, 3.8) is 0 Å². The summed E-state index contributed by atoms with van der Waals surface area (Å²) in [5.74, 6) is 0.576. The van der Waals surface area contributed by atoms with Crippen LogP contribution in [0.1, 0.15) is 53.4 Å². The van der Waals surface area contributed by atoms with Crippen molar-refractivity contribution < 1.29 is 19.8 Å². The van der Waals surface area contributed by atoms with Gasteiger partial charge >= 0.3 is 11.9 Å². The highest BCUT2D eigenvalue weighted by Crippen LogP contribution is 2.53. The Hall–Kier alpha value is -1.14. The van der Waals surface area contributed by atoms with Crippen LogP contribution in [0, 0.1) is 34.5 Å². The standard InChI is InChI=1S/2C9H17NO2/c1-6-3-9(5-10,7(6)2)4-8(11)12;1-6-3-7(2)9(6,5-10)4-8(11)12/h2*6-7H,3-5,10H2,1-2H3,(H,11,12)/t6-,7?,9-;6-,7+,9+/m0./s1. The first-order valence-corrected chi connectivity index (χ1v) is 8.88. The SMILES string of the molecule is CC1[C@@H](C)C[C@@]1(CN)CC(=O)O.C[C@@H]1C[C@H](C)[C@]1(CN)CC(=O)O. The lowest BCUT2D eigenvalue weighted by Crippen LogP contribution is -2.52. The zero-order valence-corrected chi connectivity index (χ0v) is 15.4. The molecule has 2 rings (SSSR count). The van der Waals surface area contributed by atoms with Gasteiger partial charge in [0.15, 0.2) is 0 Å². The molecule has 2 aliphatic carbocycles. The van der Waals surface area contributed by atoms with Gasteiger partial charge in [-0.25, -0.2) is 0 Å². The predicted octanol–water partition coefficient (Wildman–Crippen LogP) is 2.16. The van der Waals surface area contributed by atoms with Gasteiger partial charge in [-0.15, -0.1) is 0 Å². The third-order valence-electron chi connectivity index (χ3n) is 6.99. The van der Waals surface area contributed by atoms with Crippen LogP contribution in [-0.2, 0) is 9.59 Å². The van der Waals surface area contributed by atoms with Crippen LogP contribution in [-0.4, -0.2) is 35.2 Å². The summed E-state index contributed by atoms with van der Waals surface area (Å²) in [4.78, 5) is 21.2. The van der Waals surface area contributed by atoms with E-state index in [1.807, 2.05) is 0 Å². The molecule has 140 valence electrons. The van der Waals surface area contributed by atoms with Gasteiger partial charge in [0, 0.05) is 0 Å². The summed E-state index contributed by atoms with van der Waals surface area (Å²) in [6, 6.07) is 0. The molecule has 0 amide bonds. The predicted molar refractivity (Wildman–Crippen MR) is 93.4 cm³/mol. The number of aliphatic carboxylic acids is 2. The highest BCUT2D eigenvalue weighted by Gasteiger charge is 2.50. The molecule has 0 aromatic rings. The number of carboxylic acids is 2. The molecule has 2 saturated carbocycles. The number of rotatable bonds is 6. The fourth-order valence-electron chi connectivity index (χ4n) is 4.75. The molecule has 0 radical (unpaired) electrons. The van der Waals surface area contributed by atoms with Crippen molar-refractivity contribution in [2.75, 3.05) is 13.1 Å². The van der Waals surface area contributed by atoms with E-state index in [2.05, 4.69) is 27.7 Å². The summed E-state index contributed by atoms with van der Waals surface area (Å²) in [7, 11) is 0. The number of hydrogen-bond donors (Lipinski definition) is 4. The molecule has 2 aliphatic rings. The largest absolute Gasteiger partial charge is 0.481 e. The molecule has 0 heterocycles. The minimum atomic E-state index is -0.723. The minimum Gasteiger partial charge on any atom is -0.481 e. The van der Waals surface area contributed by atoms with Gasteiger partial charge in [0.2, 0.25) is 0 Å². The Kier molecular flexibility index (Phi) is 6.82. The van der Waals surface area contributed by atoms with E-state index in [1.165, 1.54) is 0 Å². The Morgan fingerprint density at radius 1 is 0.958 bits per heavy atom. The minimum absolute atomic E-state index is 0.106. The van der Waals surface area contributed by atoms with Gasteiger partial charge in [-0.1, -0.05) is 27.7 Å². The molecule has 6 N–H and O–H groups in total. The van der Waals surface area contributed by atoms with Crippen molar-refractivity contribution in [1.29, 1.82) is 0 Å². The van der Waals surface area contributed by atoms with E-state index in [0.29, 0.717) is 36.8 Å². The summed E-state index contributed by atoms with van der Waals surface area (Å²) >= 11 is 0. The molecular weight excluding hydrogens is 308 g/mol. The lowest BCUT2D eigenvalue weighted by molar-refractivity contribution is -0.147. The maximum atomic E-state index is 10.6. The van der Waals surface area contributed by atoms with Crippen LogP contribution in [0.3, 0.4) is 0 Å². The van der Waals surface area contributed by atoms with E-state index in [9.17, 15) is 9.59 Å². The first-order valence-electron chi connectivity index (χ1n) is 8.88. The number of carboxylic acid groups (broad SMARTS) is 2. The van der Waals surface area contributed by atoms with Gasteiger partial charge in [-0.05, 0) is 60.4 Å². The van der Waals surface area contributed by atoms with Crippen molar-refractivity contribution in [3.8, 4) is 0 Å². The van der Waals surface area contributed by atoms with E-state index in [1.54, 1.807) is 0 Å². The highest BCUT2D eigenvalue weighted by atomic mass is 16.4. The lowest BCUT2D eigenvalue weighted by Gasteiger charge is -2.52. The van der Waals surface area contributed by atoms with E-state index < -0.39 is 11.9 Å². The van der Waals surface area contributed by atoms with E-state index in [0.717, 1.165) is 12.8 Å². The molecule has 0 saturated heterocycles. The molecule has 24 heavy (non-hydrogen) atoms. The Balaban J connectivity index is 0.000000240. The second-order valence-corrected chi connectivity index (χ2v) is 8.15. The molecule has 0 aliphatic heterocycles. The molecule has 6 nitrogen and oxygen atoms in total. The maximum absolute atomic E-state index is 10.6. The van der Waals surface area contributed by atoms with E-state index >= 15 is 0 Å². The number of hydrogen-bond acceptors (Lipinski definition) is 4. The zero-order valence-electron chi connectivity index (χ0n) is 15.4. The summed E-state index contributed by atoms with van der Waals surface area (Å²) < 4.78 is 0. The van der Waals surface area contributed by atoms with Crippen LogP contribution in [0.5, 0.6) is 0 Å².